The van der Waals surface area contributed by atoms with Crippen molar-refractivity contribution in [2.75, 3.05) is 17.6 Å². The maximum absolute atomic E-state index is 14.8. The van der Waals surface area contributed by atoms with Gasteiger partial charge in [0.25, 0.3) is 5.91 Å². The number of amides is 2. The van der Waals surface area contributed by atoms with Gasteiger partial charge < -0.3 is 16.0 Å². The van der Waals surface area contributed by atoms with Crippen molar-refractivity contribution in [1.29, 1.82) is 0 Å². The Labute approximate surface area is 225 Å². The molecule has 39 heavy (non-hydrogen) atoms. The van der Waals surface area contributed by atoms with E-state index in [1.54, 1.807) is 17.9 Å². The van der Waals surface area contributed by atoms with E-state index in [0.29, 0.717) is 30.0 Å². The average Bonchev–Trinajstić information content (AvgIpc) is 3.66. The van der Waals surface area contributed by atoms with Crippen molar-refractivity contribution in [3.8, 4) is 23.1 Å². The molecule has 5 rings (SSSR count). The van der Waals surface area contributed by atoms with Crippen LogP contribution in [0.4, 0.5) is 20.3 Å². The molecule has 1 aliphatic heterocycles. The summed E-state index contributed by atoms with van der Waals surface area (Å²) < 4.78 is 29.5. The molecule has 1 aliphatic carbocycles. The highest BCUT2D eigenvalue weighted by molar-refractivity contribution is 6.05. The van der Waals surface area contributed by atoms with E-state index in [1.165, 1.54) is 36.7 Å². The van der Waals surface area contributed by atoms with E-state index in [1.807, 2.05) is 0 Å². The second kappa shape index (κ2) is 10.7. The highest BCUT2D eigenvalue weighted by Crippen LogP contribution is 2.40. The minimum atomic E-state index is -0.690. The fourth-order valence-electron chi connectivity index (χ4n) is 4.81. The first kappa shape index (κ1) is 26.0. The summed E-state index contributed by atoms with van der Waals surface area (Å²) in [4.78, 5) is 35.1. The van der Waals surface area contributed by atoms with Crippen molar-refractivity contribution >= 4 is 23.3 Å². The van der Waals surface area contributed by atoms with Crippen LogP contribution in [-0.4, -0.2) is 39.3 Å². The molecule has 2 amide bonds. The largest absolute Gasteiger partial charge is 0.383 e. The van der Waals surface area contributed by atoms with Gasteiger partial charge in [-0.15, -0.1) is 0 Å². The standard InChI is InChI=1S/C30H27F2N5O2/c1-3-27(38)37-12-4-5-21(37)9-11-23-28(34-16-35-29(23)33)24-14-20(31)15-26(17(24)2)36-30(39)22-10-8-19(13-25(22)32)18-6-7-18/h3,8,10,13-16,18,21H,1,4-7,12H2,2H3,(H,36,39)(H2,33,34,35)/t21-/m0/s1. The van der Waals surface area contributed by atoms with E-state index in [9.17, 15) is 18.4 Å². The van der Waals surface area contributed by atoms with Gasteiger partial charge in [-0.25, -0.2) is 18.7 Å². The molecule has 0 spiro atoms. The van der Waals surface area contributed by atoms with Gasteiger partial charge in [-0.2, -0.15) is 0 Å². The van der Waals surface area contributed by atoms with Crippen molar-refractivity contribution in [3.63, 3.8) is 0 Å². The number of anilines is 2. The second-order valence-corrected chi connectivity index (χ2v) is 9.74. The summed E-state index contributed by atoms with van der Waals surface area (Å²) in [5.41, 5.74) is 8.45. The number of hydrogen-bond acceptors (Lipinski definition) is 5. The molecule has 3 N–H and O–H groups in total. The van der Waals surface area contributed by atoms with Crippen molar-refractivity contribution in [1.82, 2.24) is 14.9 Å². The van der Waals surface area contributed by atoms with Crippen molar-refractivity contribution < 1.29 is 18.4 Å². The highest BCUT2D eigenvalue weighted by Gasteiger charge is 2.27. The minimum absolute atomic E-state index is 0.0964. The molecule has 7 nitrogen and oxygen atoms in total. The SMILES string of the molecule is C=CC(=O)N1CCC[C@H]1C#Cc1c(N)ncnc1-c1cc(F)cc(NC(=O)c2ccc(C3CC3)cc2F)c1C. The van der Waals surface area contributed by atoms with Gasteiger partial charge in [0.2, 0.25) is 5.91 Å². The van der Waals surface area contributed by atoms with Crippen LogP contribution < -0.4 is 11.1 Å². The zero-order chi connectivity index (χ0) is 27.7. The summed E-state index contributed by atoms with van der Waals surface area (Å²) in [6.07, 6.45) is 6.04. The van der Waals surface area contributed by atoms with Gasteiger partial charge in [-0.05, 0) is 80.0 Å². The van der Waals surface area contributed by atoms with Gasteiger partial charge in [0.05, 0.1) is 22.9 Å². The molecule has 2 aliphatic rings. The summed E-state index contributed by atoms with van der Waals surface area (Å²) in [6, 6.07) is 6.71. The number of likely N-dealkylation sites (tertiary alicyclic amines) is 1. The first-order chi connectivity index (χ1) is 18.8. The lowest BCUT2D eigenvalue weighted by atomic mass is 9.99. The molecule has 1 saturated carbocycles. The maximum Gasteiger partial charge on any atom is 0.258 e. The number of hydrogen-bond donors (Lipinski definition) is 2. The number of carbonyl (C=O) groups excluding carboxylic acids is 2. The third kappa shape index (κ3) is 5.36. The molecule has 3 aromatic rings. The second-order valence-electron chi connectivity index (χ2n) is 9.74. The predicted molar refractivity (Wildman–Crippen MR) is 145 cm³/mol. The van der Waals surface area contributed by atoms with Gasteiger partial charge in [0.15, 0.2) is 0 Å². The van der Waals surface area contributed by atoms with Crippen LogP contribution in [0.25, 0.3) is 11.3 Å². The Balaban J connectivity index is 1.48. The molecule has 198 valence electrons. The molecule has 2 heterocycles. The van der Waals surface area contributed by atoms with Crippen LogP contribution in [0.1, 0.15) is 58.6 Å². The molecule has 0 radical (unpaired) electrons. The summed E-state index contributed by atoms with van der Waals surface area (Å²) in [7, 11) is 0. The molecule has 2 fully saturated rings. The number of halogens is 2. The molecular formula is C30H27F2N5O2. The van der Waals surface area contributed by atoms with E-state index in [-0.39, 0.29) is 40.3 Å². The van der Waals surface area contributed by atoms with Crippen LogP contribution >= 0.6 is 0 Å². The molecule has 1 aromatic heterocycles. The first-order valence-electron chi connectivity index (χ1n) is 12.7. The van der Waals surface area contributed by atoms with Crippen molar-refractivity contribution in [2.24, 2.45) is 0 Å². The Morgan fingerprint density at radius 3 is 2.69 bits per heavy atom. The summed E-state index contributed by atoms with van der Waals surface area (Å²) >= 11 is 0. The Bertz CT molecular complexity index is 1550. The molecule has 0 bridgehead atoms. The lowest BCUT2D eigenvalue weighted by Gasteiger charge is -2.18. The lowest BCUT2D eigenvalue weighted by molar-refractivity contribution is -0.125. The summed E-state index contributed by atoms with van der Waals surface area (Å²) in [5, 5.41) is 2.64. The van der Waals surface area contributed by atoms with Crippen molar-refractivity contribution in [3.05, 3.63) is 83.2 Å². The smallest absolute Gasteiger partial charge is 0.258 e. The predicted octanol–water partition coefficient (Wildman–Crippen LogP) is 4.97. The van der Waals surface area contributed by atoms with Crippen LogP contribution in [-0.2, 0) is 4.79 Å². The zero-order valence-electron chi connectivity index (χ0n) is 21.4. The Morgan fingerprint density at radius 2 is 1.97 bits per heavy atom. The van der Waals surface area contributed by atoms with Gasteiger partial charge in [0, 0.05) is 17.8 Å². The topological polar surface area (TPSA) is 101 Å². The normalized spacial score (nSPS) is 16.4. The lowest BCUT2D eigenvalue weighted by Crippen LogP contribution is -2.33. The third-order valence-corrected chi connectivity index (χ3v) is 7.11. The van der Waals surface area contributed by atoms with Gasteiger partial charge in [0.1, 0.15) is 23.8 Å². The number of nitrogens with zero attached hydrogens (tertiary/aromatic N) is 3. The van der Waals surface area contributed by atoms with E-state index in [4.69, 9.17) is 5.73 Å². The Morgan fingerprint density at radius 1 is 1.18 bits per heavy atom. The Kier molecular flexibility index (Phi) is 7.11. The number of nitrogens with two attached hydrogens (primary N) is 1. The fourth-order valence-corrected chi connectivity index (χ4v) is 4.81. The number of nitrogens with one attached hydrogen (secondary N) is 1. The van der Waals surface area contributed by atoms with Crippen LogP contribution in [0, 0.1) is 30.4 Å². The molecule has 9 heteroatoms. The third-order valence-electron chi connectivity index (χ3n) is 7.11. The van der Waals surface area contributed by atoms with Gasteiger partial charge >= 0.3 is 0 Å². The van der Waals surface area contributed by atoms with Crippen LogP contribution in [0.3, 0.4) is 0 Å². The van der Waals surface area contributed by atoms with Crippen LogP contribution in [0.5, 0.6) is 0 Å². The quantitative estimate of drug-likeness (QED) is 0.360. The summed E-state index contributed by atoms with van der Waals surface area (Å²) in [6.45, 7) is 5.81. The number of carbonyl (C=O) groups is 2. The molecule has 0 unspecified atom stereocenters. The maximum atomic E-state index is 14.8. The van der Waals surface area contributed by atoms with Gasteiger partial charge in [-0.3, -0.25) is 9.59 Å². The number of benzene rings is 2. The number of rotatable bonds is 5. The molecule has 1 saturated heterocycles. The first-order valence-corrected chi connectivity index (χ1v) is 12.7. The number of nitrogen functional groups attached to an aromatic ring is 1. The molecule has 1 atom stereocenters. The van der Waals surface area contributed by atoms with E-state index < -0.39 is 17.5 Å². The van der Waals surface area contributed by atoms with E-state index in [0.717, 1.165) is 24.8 Å². The average molecular weight is 528 g/mol. The van der Waals surface area contributed by atoms with Crippen LogP contribution in [0.15, 0.2) is 49.3 Å². The summed E-state index contributed by atoms with van der Waals surface area (Å²) in [5.74, 6) is 4.38. The van der Waals surface area contributed by atoms with Gasteiger partial charge in [-0.1, -0.05) is 24.5 Å². The van der Waals surface area contributed by atoms with Crippen molar-refractivity contribution in [2.45, 2.75) is 44.6 Å². The van der Waals surface area contributed by atoms with E-state index >= 15 is 0 Å². The zero-order valence-corrected chi connectivity index (χ0v) is 21.4. The molecular weight excluding hydrogens is 500 g/mol. The van der Waals surface area contributed by atoms with E-state index in [2.05, 4.69) is 33.7 Å². The minimum Gasteiger partial charge on any atom is -0.383 e. The number of aromatic nitrogens is 2. The molecule has 2 aromatic carbocycles. The monoisotopic (exact) mass is 527 g/mol. The van der Waals surface area contributed by atoms with Crippen LogP contribution in [0.2, 0.25) is 0 Å². The fraction of sp³-hybridized carbons (Fsp3) is 0.267. The Hall–Kier alpha value is -4.58. The highest BCUT2D eigenvalue weighted by atomic mass is 19.1.